The van der Waals surface area contributed by atoms with Crippen molar-refractivity contribution in [1.29, 1.82) is 0 Å². The van der Waals surface area contributed by atoms with Gasteiger partial charge in [0, 0.05) is 12.2 Å². The average molecular weight is 206 g/mol. The van der Waals surface area contributed by atoms with Gasteiger partial charge in [-0.1, -0.05) is 13.0 Å². The van der Waals surface area contributed by atoms with Gasteiger partial charge >= 0.3 is 0 Å². The number of aromatic nitrogens is 1. The predicted octanol–water partition coefficient (Wildman–Crippen LogP) is 2.86. The number of nitrogens with one attached hydrogen (secondary N) is 1. The van der Waals surface area contributed by atoms with E-state index in [1.54, 1.807) is 6.20 Å². The molecule has 82 valence electrons. The van der Waals surface area contributed by atoms with Crippen LogP contribution in [0.2, 0.25) is 0 Å². The fraction of sp³-hybridized carbons (Fsp3) is 0.417. The Balaban J connectivity index is 2.71. The summed E-state index contributed by atoms with van der Waals surface area (Å²) in [4.78, 5) is 4.24. The Hall–Kier alpha value is -1.51. The standard InChI is InChI=1S/C12H18N2O/c1-4-9-15-11-7-6-8-13-12(11)14-10(3)5-2/h5-8,10H,2,4,9H2,1,3H3,(H,13,14). The van der Waals surface area contributed by atoms with Crippen LogP contribution >= 0.6 is 0 Å². The first kappa shape index (κ1) is 11.6. The molecule has 0 aromatic carbocycles. The van der Waals surface area contributed by atoms with Gasteiger partial charge in [0.2, 0.25) is 0 Å². The van der Waals surface area contributed by atoms with Gasteiger partial charge in [0.05, 0.1) is 6.61 Å². The predicted molar refractivity (Wildman–Crippen MR) is 63.3 cm³/mol. The van der Waals surface area contributed by atoms with Gasteiger partial charge in [0.15, 0.2) is 11.6 Å². The Labute approximate surface area is 91.2 Å². The molecule has 1 unspecified atom stereocenters. The molecule has 3 heteroatoms. The van der Waals surface area contributed by atoms with Crippen LogP contribution in [0.3, 0.4) is 0 Å². The van der Waals surface area contributed by atoms with E-state index in [2.05, 4.69) is 23.8 Å². The van der Waals surface area contributed by atoms with Crippen LogP contribution in [0.1, 0.15) is 20.3 Å². The van der Waals surface area contributed by atoms with Crippen LogP contribution in [0.25, 0.3) is 0 Å². The molecule has 1 N–H and O–H groups in total. The van der Waals surface area contributed by atoms with Crippen LogP contribution in [0, 0.1) is 0 Å². The van der Waals surface area contributed by atoms with E-state index in [0.717, 1.165) is 18.0 Å². The van der Waals surface area contributed by atoms with Crippen molar-refractivity contribution in [3.05, 3.63) is 31.0 Å². The normalized spacial score (nSPS) is 11.9. The van der Waals surface area contributed by atoms with Gasteiger partial charge in [-0.2, -0.15) is 0 Å². The molecule has 0 bridgehead atoms. The summed E-state index contributed by atoms with van der Waals surface area (Å²) in [5.74, 6) is 1.58. The van der Waals surface area contributed by atoms with E-state index in [1.165, 1.54) is 0 Å². The van der Waals surface area contributed by atoms with Crippen molar-refractivity contribution >= 4 is 5.82 Å². The highest BCUT2D eigenvalue weighted by Gasteiger charge is 2.05. The van der Waals surface area contributed by atoms with Crippen LogP contribution in [0.5, 0.6) is 5.75 Å². The largest absolute Gasteiger partial charge is 0.490 e. The van der Waals surface area contributed by atoms with Crippen molar-refractivity contribution in [1.82, 2.24) is 4.98 Å². The van der Waals surface area contributed by atoms with E-state index in [-0.39, 0.29) is 6.04 Å². The van der Waals surface area contributed by atoms with Gasteiger partial charge in [-0.3, -0.25) is 0 Å². The Morgan fingerprint density at radius 1 is 1.67 bits per heavy atom. The summed E-state index contributed by atoms with van der Waals surface area (Å²) in [6.45, 7) is 8.53. The van der Waals surface area contributed by atoms with Gasteiger partial charge in [-0.15, -0.1) is 6.58 Å². The summed E-state index contributed by atoms with van der Waals surface area (Å²) in [7, 11) is 0. The van der Waals surface area contributed by atoms with Gasteiger partial charge in [0.1, 0.15) is 0 Å². The number of nitrogens with zero attached hydrogens (tertiary/aromatic N) is 1. The van der Waals surface area contributed by atoms with Gasteiger partial charge < -0.3 is 10.1 Å². The molecule has 1 rings (SSSR count). The summed E-state index contributed by atoms with van der Waals surface area (Å²) in [5.41, 5.74) is 0. The maximum absolute atomic E-state index is 5.57. The van der Waals surface area contributed by atoms with Crippen LogP contribution in [0.4, 0.5) is 5.82 Å². The number of ether oxygens (including phenoxy) is 1. The molecule has 0 aliphatic rings. The van der Waals surface area contributed by atoms with Crippen LogP contribution in [-0.4, -0.2) is 17.6 Å². The lowest BCUT2D eigenvalue weighted by Gasteiger charge is -2.14. The monoisotopic (exact) mass is 206 g/mol. The van der Waals surface area contributed by atoms with Crippen LogP contribution < -0.4 is 10.1 Å². The Morgan fingerprint density at radius 2 is 2.47 bits per heavy atom. The zero-order valence-electron chi connectivity index (χ0n) is 9.36. The average Bonchev–Trinajstić information content (AvgIpc) is 2.28. The molecule has 0 saturated heterocycles. The molecule has 1 aromatic rings. The number of anilines is 1. The maximum Gasteiger partial charge on any atom is 0.169 e. The van der Waals surface area contributed by atoms with E-state index in [0.29, 0.717) is 6.61 Å². The molecule has 1 atom stereocenters. The topological polar surface area (TPSA) is 34.2 Å². The second kappa shape index (κ2) is 6.06. The van der Waals surface area contributed by atoms with Gasteiger partial charge in [0.25, 0.3) is 0 Å². The molecule has 0 amide bonds. The van der Waals surface area contributed by atoms with E-state index in [9.17, 15) is 0 Å². The van der Waals surface area contributed by atoms with Crippen molar-refractivity contribution in [2.24, 2.45) is 0 Å². The first-order valence-corrected chi connectivity index (χ1v) is 5.24. The molecule has 0 aliphatic carbocycles. The smallest absolute Gasteiger partial charge is 0.169 e. The molecular formula is C12H18N2O. The molecule has 0 fully saturated rings. The van der Waals surface area contributed by atoms with E-state index < -0.39 is 0 Å². The fourth-order valence-corrected chi connectivity index (χ4v) is 1.10. The minimum Gasteiger partial charge on any atom is -0.490 e. The highest BCUT2D eigenvalue weighted by molar-refractivity contribution is 5.50. The number of hydrogen-bond acceptors (Lipinski definition) is 3. The van der Waals surface area contributed by atoms with Crippen molar-refractivity contribution < 1.29 is 4.74 Å². The first-order chi connectivity index (χ1) is 7.27. The van der Waals surface area contributed by atoms with Gasteiger partial charge in [-0.25, -0.2) is 4.98 Å². The zero-order valence-corrected chi connectivity index (χ0v) is 9.36. The second-order valence-electron chi connectivity index (χ2n) is 3.37. The van der Waals surface area contributed by atoms with Crippen molar-refractivity contribution in [2.75, 3.05) is 11.9 Å². The molecule has 0 saturated carbocycles. The first-order valence-electron chi connectivity index (χ1n) is 5.24. The summed E-state index contributed by atoms with van der Waals surface area (Å²) in [6.07, 6.45) is 4.57. The summed E-state index contributed by atoms with van der Waals surface area (Å²) >= 11 is 0. The third kappa shape index (κ3) is 3.62. The highest BCUT2D eigenvalue weighted by atomic mass is 16.5. The molecule has 15 heavy (non-hydrogen) atoms. The maximum atomic E-state index is 5.57. The molecule has 1 heterocycles. The van der Waals surface area contributed by atoms with E-state index in [1.807, 2.05) is 25.1 Å². The summed E-state index contributed by atoms with van der Waals surface area (Å²) in [5, 5.41) is 3.21. The van der Waals surface area contributed by atoms with Crippen molar-refractivity contribution in [3.8, 4) is 5.75 Å². The highest BCUT2D eigenvalue weighted by Crippen LogP contribution is 2.21. The lowest BCUT2D eigenvalue weighted by Crippen LogP contribution is -2.13. The third-order valence-corrected chi connectivity index (χ3v) is 1.95. The van der Waals surface area contributed by atoms with Gasteiger partial charge in [-0.05, 0) is 25.5 Å². The Bertz CT molecular complexity index is 312. The SMILES string of the molecule is C=CC(C)Nc1ncccc1OCCC. The molecular weight excluding hydrogens is 188 g/mol. The molecule has 1 aromatic heterocycles. The summed E-state index contributed by atoms with van der Waals surface area (Å²) < 4.78 is 5.57. The number of rotatable bonds is 6. The lowest BCUT2D eigenvalue weighted by molar-refractivity contribution is 0.317. The molecule has 3 nitrogen and oxygen atoms in total. The minimum absolute atomic E-state index is 0.184. The van der Waals surface area contributed by atoms with Crippen molar-refractivity contribution in [3.63, 3.8) is 0 Å². The van der Waals surface area contributed by atoms with Crippen LogP contribution in [0.15, 0.2) is 31.0 Å². The van der Waals surface area contributed by atoms with E-state index >= 15 is 0 Å². The quantitative estimate of drug-likeness (QED) is 0.727. The minimum atomic E-state index is 0.184. The molecule has 0 radical (unpaired) electrons. The number of pyridine rings is 1. The zero-order chi connectivity index (χ0) is 11.1. The third-order valence-electron chi connectivity index (χ3n) is 1.95. The Kier molecular flexibility index (Phi) is 4.68. The van der Waals surface area contributed by atoms with Crippen molar-refractivity contribution in [2.45, 2.75) is 26.3 Å². The lowest BCUT2D eigenvalue weighted by atomic mass is 10.3. The molecule has 0 spiro atoms. The van der Waals surface area contributed by atoms with Crippen LogP contribution in [-0.2, 0) is 0 Å². The Morgan fingerprint density at radius 3 is 3.13 bits per heavy atom. The number of hydrogen-bond donors (Lipinski definition) is 1. The second-order valence-corrected chi connectivity index (χ2v) is 3.37. The van der Waals surface area contributed by atoms with E-state index in [4.69, 9.17) is 4.74 Å². The molecule has 0 aliphatic heterocycles. The summed E-state index contributed by atoms with van der Waals surface area (Å²) in [6, 6.07) is 3.97. The fourth-order valence-electron chi connectivity index (χ4n) is 1.10.